The van der Waals surface area contributed by atoms with E-state index in [1.54, 1.807) is 12.1 Å². The second-order valence-corrected chi connectivity index (χ2v) is 9.65. The molecular formula is C24H28N4O4. The van der Waals surface area contributed by atoms with Crippen molar-refractivity contribution in [2.45, 2.75) is 63.3 Å². The Morgan fingerprint density at radius 3 is 2.66 bits per heavy atom. The van der Waals surface area contributed by atoms with Crippen molar-refractivity contribution in [1.82, 2.24) is 14.7 Å². The normalized spacial score (nSPS) is 32.4. The van der Waals surface area contributed by atoms with E-state index < -0.39 is 0 Å². The fourth-order valence-electron chi connectivity index (χ4n) is 6.01. The quantitative estimate of drug-likeness (QED) is 0.604. The zero-order valence-electron chi connectivity index (χ0n) is 18.4. The second-order valence-electron chi connectivity index (χ2n) is 9.65. The average molecular weight is 437 g/mol. The molecule has 3 heterocycles. The number of benzene rings is 1. The van der Waals surface area contributed by atoms with Crippen molar-refractivity contribution in [3.63, 3.8) is 0 Å². The Hall–Kier alpha value is -2.92. The maximum Gasteiger partial charge on any atom is 0.298 e. The summed E-state index contributed by atoms with van der Waals surface area (Å²) in [7, 11) is 0. The zero-order valence-corrected chi connectivity index (χ0v) is 18.4. The van der Waals surface area contributed by atoms with Gasteiger partial charge in [0.1, 0.15) is 11.8 Å². The Kier molecular flexibility index (Phi) is 5.17. The number of piperidine rings is 1. The summed E-state index contributed by atoms with van der Waals surface area (Å²) < 4.78 is 4.85. The number of hydrogen-bond acceptors (Lipinski definition) is 6. The lowest BCUT2D eigenvalue weighted by atomic mass is 10.0. The number of piperazine rings is 1. The summed E-state index contributed by atoms with van der Waals surface area (Å²) in [5.74, 6) is 0.923. The van der Waals surface area contributed by atoms with Gasteiger partial charge < -0.3 is 14.5 Å². The molecule has 8 nitrogen and oxygen atoms in total. The Balaban J connectivity index is 1.21. The summed E-state index contributed by atoms with van der Waals surface area (Å²) in [4.78, 5) is 42.7. The van der Waals surface area contributed by atoms with Gasteiger partial charge in [0.25, 0.3) is 6.47 Å². The van der Waals surface area contributed by atoms with Gasteiger partial charge in [0.2, 0.25) is 11.8 Å². The predicted molar refractivity (Wildman–Crippen MR) is 114 cm³/mol. The number of hydrogen-bond donors (Lipinski definition) is 0. The molecule has 1 aromatic rings. The van der Waals surface area contributed by atoms with Gasteiger partial charge in [-0.05, 0) is 49.8 Å². The minimum absolute atomic E-state index is 0.0552. The summed E-state index contributed by atoms with van der Waals surface area (Å²) in [6, 6.07) is 9.36. The molecule has 2 bridgehead atoms. The van der Waals surface area contributed by atoms with Crippen LogP contribution in [-0.4, -0.2) is 70.2 Å². The monoisotopic (exact) mass is 436 g/mol. The molecule has 8 heteroatoms. The van der Waals surface area contributed by atoms with E-state index in [1.807, 2.05) is 35.8 Å². The van der Waals surface area contributed by atoms with Gasteiger partial charge in [-0.15, -0.1) is 0 Å². The first kappa shape index (κ1) is 21.0. The largest absolute Gasteiger partial charge is 0.429 e. The van der Waals surface area contributed by atoms with E-state index in [-0.39, 0.29) is 47.9 Å². The highest BCUT2D eigenvalue weighted by atomic mass is 16.5. The third kappa shape index (κ3) is 3.36. The number of likely N-dealkylation sites (tertiary alicyclic amines) is 3. The maximum absolute atomic E-state index is 13.2. The number of nitrogens with zero attached hydrogens (tertiary/aromatic N) is 4. The minimum atomic E-state index is -0.287. The van der Waals surface area contributed by atoms with Crippen LogP contribution in [0.2, 0.25) is 0 Å². The molecule has 1 saturated carbocycles. The highest BCUT2D eigenvalue weighted by Gasteiger charge is 2.55. The lowest BCUT2D eigenvalue weighted by Gasteiger charge is -2.38. The number of carbonyl (C=O) groups excluding carboxylic acids is 3. The molecule has 2 amide bonds. The lowest BCUT2D eigenvalue weighted by molar-refractivity contribution is -0.142. The first-order valence-electron chi connectivity index (χ1n) is 11.4. The Morgan fingerprint density at radius 1 is 1.25 bits per heavy atom. The molecule has 3 saturated heterocycles. The number of amides is 2. The smallest absolute Gasteiger partial charge is 0.298 e. The lowest BCUT2D eigenvalue weighted by Crippen LogP contribution is -2.53. The maximum atomic E-state index is 13.2. The molecule has 0 spiro atoms. The molecular weight excluding hydrogens is 408 g/mol. The topological polar surface area (TPSA) is 93.9 Å². The molecule has 0 N–H and O–H groups in total. The molecule has 5 rings (SSSR count). The van der Waals surface area contributed by atoms with E-state index in [4.69, 9.17) is 4.74 Å². The number of fused-ring (bicyclic) bond motifs is 3. The van der Waals surface area contributed by atoms with E-state index in [9.17, 15) is 19.6 Å². The van der Waals surface area contributed by atoms with Crippen molar-refractivity contribution >= 4 is 18.3 Å². The van der Waals surface area contributed by atoms with Crippen LogP contribution in [0.25, 0.3) is 0 Å². The molecule has 168 valence electrons. The van der Waals surface area contributed by atoms with Crippen LogP contribution in [0, 0.1) is 23.2 Å². The molecule has 0 radical (unpaired) electrons. The van der Waals surface area contributed by atoms with Crippen molar-refractivity contribution in [3.8, 4) is 11.8 Å². The third-order valence-corrected chi connectivity index (χ3v) is 7.72. The fraction of sp³-hybridized carbons (Fsp3) is 0.583. The number of rotatable bonds is 7. The van der Waals surface area contributed by atoms with E-state index >= 15 is 0 Å². The van der Waals surface area contributed by atoms with E-state index in [2.05, 4.69) is 11.0 Å². The van der Waals surface area contributed by atoms with Crippen molar-refractivity contribution < 1.29 is 19.1 Å². The second kappa shape index (κ2) is 7.89. The van der Waals surface area contributed by atoms with Gasteiger partial charge in [-0.3, -0.25) is 19.3 Å². The van der Waals surface area contributed by atoms with Crippen LogP contribution in [0.5, 0.6) is 5.75 Å². The molecule has 1 unspecified atom stereocenters. The molecule has 1 aliphatic carbocycles. The van der Waals surface area contributed by atoms with Gasteiger partial charge in [0.15, 0.2) is 0 Å². The highest BCUT2D eigenvalue weighted by molar-refractivity contribution is 5.86. The SMILES string of the molecule is C[C@@H](CN1C[C@@H]2C[C@H]1C(=O)N2[C@@H](C)c1ccc(OC=O)cc1)C(=O)N1C2C[C@H]2C[C@H]1C#N. The molecule has 1 aromatic carbocycles. The Bertz CT molecular complexity index is 973. The predicted octanol–water partition coefficient (Wildman–Crippen LogP) is 1.72. The van der Waals surface area contributed by atoms with Gasteiger partial charge in [0, 0.05) is 31.1 Å². The van der Waals surface area contributed by atoms with Crippen LogP contribution >= 0.6 is 0 Å². The van der Waals surface area contributed by atoms with Gasteiger partial charge in [-0.25, -0.2) is 0 Å². The molecule has 3 aliphatic heterocycles. The summed E-state index contributed by atoms with van der Waals surface area (Å²) in [5, 5.41) is 9.40. The van der Waals surface area contributed by atoms with E-state index in [1.165, 1.54) is 0 Å². The van der Waals surface area contributed by atoms with Gasteiger partial charge in [0.05, 0.1) is 18.2 Å². The molecule has 4 aliphatic rings. The van der Waals surface area contributed by atoms with Crippen molar-refractivity contribution in [1.29, 1.82) is 5.26 Å². The highest BCUT2D eigenvalue weighted by Crippen LogP contribution is 2.48. The summed E-state index contributed by atoms with van der Waals surface area (Å²) in [6.45, 7) is 5.66. The van der Waals surface area contributed by atoms with Crippen LogP contribution in [0.3, 0.4) is 0 Å². The summed E-state index contributed by atoms with van der Waals surface area (Å²) in [5.41, 5.74) is 0.995. The standard InChI is InChI=1S/C24H28N4O4/c1-14(23(30)28-18(10-25)7-17-8-21(17)28)11-26-12-19-9-22(26)24(31)27(19)15(2)16-3-5-20(6-4-16)32-13-29/h3-6,13-15,17-19,21-22H,7-9,11-12H2,1-2H3/t14-,15-,17+,18-,19-,21?,22-/m0/s1. The first-order valence-corrected chi connectivity index (χ1v) is 11.4. The minimum Gasteiger partial charge on any atom is -0.429 e. The van der Waals surface area contributed by atoms with Crippen LogP contribution in [0.4, 0.5) is 0 Å². The number of ether oxygens (including phenoxy) is 1. The zero-order chi connectivity index (χ0) is 22.6. The summed E-state index contributed by atoms with van der Waals surface area (Å²) in [6.07, 6.45) is 2.62. The molecule has 4 fully saturated rings. The molecule has 7 atom stereocenters. The van der Waals surface area contributed by atoms with Gasteiger partial charge in [-0.2, -0.15) is 5.26 Å². The Labute approximate surface area is 187 Å². The van der Waals surface area contributed by atoms with Crippen molar-refractivity contribution in [3.05, 3.63) is 29.8 Å². The molecule has 0 aromatic heterocycles. The fourth-order valence-corrected chi connectivity index (χ4v) is 6.01. The van der Waals surface area contributed by atoms with Gasteiger partial charge in [-0.1, -0.05) is 19.1 Å². The number of nitriles is 1. The van der Waals surface area contributed by atoms with Crippen LogP contribution in [-0.2, 0) is 14.4 Å². The van der Waals surface area contributed by atoms with E-state index in [0.717, 1.165) is 31.4 Å². The Morgan fingerprint density at radius 2 is 2.00 bits per heavy atom. The van der Waals surface area contributed by atoms with Crippen LogP contribution < -0.4 is 4.74 Å². The third-order valence-electron chi connectivity index (χ3n) is 7.72. The average Bonchev–Trinajstić information content (AvgIpc) is 3.12. The van der Waals surface area contributed by atoms with Crippen LogP contribution in [0.1, 0.15) is 44.7 Å². The van der Waals surface area contributed by atoms with E-state index in [0.29, 0.717) is 24.7 Å². The number of carbonyl (C=O) groups is 3. The molecule has 32 heavy (non-hydrogen) atoms. The van der Waals surface area contributed by atoms with Crippen molar-refractivity contribution in [2.75, 3.05) is 13.1 Å². The van der Waals surface area contributed by atoms with Crippen LogP contribution in [0.15, 0.2) is 24.3 Å². The van der Waals surface area contributed by atoms with Crippen molar-refractivity contribution in [2.24, 2.45) is 11.8 Å². The summed E-state index contributed by atoms with van der Waals surface area (Å²) >= 11 is 0. The first-order chi connectivity index (χ1) is 15.4. The van der Waals surface area contributed by atoms with Gasteiger partial charge >= 0.3 is 0 Å².